The van der Waals surface area contributed by atoms with Gasteiger partial charge >= 0.3 is 0 Å². The van der Waals surface area contributed by atoms with E-state index in [1.165, 1.54) is 11.3 Å². The minimum Gasteiger partial charge on any atom is -0.382 e. The van der Waals surface area contributed by atoms with E-state index in [9.17, 15) is 4.79 Å². The minimum atomic E-state index is -0.437. The second kappa shape index (κ2) is 6.48. The Bertz CT molecular complexity index is 499. The molecule has 0 aliphatic carbocycles. The molecule has 4 nitrogen and oxygen atoms in total. The van der Waals surface area contributed by atoms with Gasteiger partial charge in [-0.15, -0.1) is 0 Å². The highest BCUT2D eigenvalue weighted by Gasteiger charge is 2.26. The number of ether oxygens (including phenoxy) is 1. The third kappa shape index (κ3) is 4.21. The largest absolute Gasteiger partial charge is 0.382 e. The second-order valence-corrected chi connectivity index (χ2v) is 6.37. The van der Waals surface area contributed by atoms with Gasteiger partial charge in [0, 0.05) is 24.2 Å². The summed E-state index contributed by atoms with van der Waals surface area (Å²) in [6.07, 6.45) is 1.33. The predicted molar refractivity (Wildman–Crippen MR) is 85.5 cm³/mol. The standard InChI is InChI=1S/C17H26N2O2/c1-5-17(3,4)19-16(20)12(2)21-14-10-13-8-6-7-9-15(13)18-11-14/h6-9,12,14,18H,5,10-11H2,1-4H3,(H,19,20). The molecule has 21 heavy (non-hydrogen) atoms. The van der Waals surface area contributed by atoms with Crippen molar-refractivity contribution in [2.75, 3.05) is 11.9 Å². The Labute approximate surface area is 127 Å². The number of rotatable bonds is 5. The van der Waals surface area contributed by atoms with E-state index in [1.54, 1.807) is 0 Å². The quantitative estimate of drug-likeness (QED) is 0.876. The van der Waals surface area contributed by atoms with E-state index in [-0.39, 0.29) is 17.6 Å². The van der Waals surface area contributed by atoms with Crippen LogP contribution in [0.4, 0.5) is 5.69 Å². The first-order chi connectivity index (χ1) is 9.91. The molecule has 0 saturated heterocycles. The number of carbonyl (C=O) groups excluding carboxylic acids is 1. The zero-order chi connectivity index (χ0) is 15.5. The predicted octanol–water partition coefficient (Wildman–Crippen LogP) is 2.73. The molecule has 0 bridgehead atoms. The molecule has 0 radical (unpaired) electrons. The van der Waals surface area contributed by atoms with Crippen LogP contribution in [0.1, 0.15) is 39.7 Å². The molecular formula is C17H26N2O2. The Morgan fingerprint density at radius 2 is 2.19 bits per heavy atom. The zero-order valence-electron chi connectivity index (χ0n) is 13.4. The van der Waals surface area contributed by atoms with Gasteiger partial charge in [-0.3, -0.25) is 4.79 Å². The van der Waals surface area contributed by atoms with Crippen LogP contribution < -0.4 is 10.6 Å². The number of para-hydroxylation sites is 1. The van der Waals surface area contributed by atoms with Gasteiger partial charge in [-0.1, -0.05) is 25.1 Å². The number of fused-ring (bicyclic) bond motifs is 1. The van der Waals surface area contributed by atoms with Crippen LogP contribution in [-0.4, -0.2) is 30.2 Å². The van der Waals surface area contributed by atoms with Crippen molar-refractivity contribution < 1.29 is 9.53 Å². The Kier molecular flexibility index (Phi) is 4.88. The molecule has 2 unspecified atom stereocenters. The molecular weight excluding hydrogens is 264 g/mol. The number of carbonyl (C=O) groups is 1. The normalized spacial score (nSPS) is 19.3. The fourth-order valence-electron chi connectivity index (χ4n) is 2.38. The number of hydrogen-bond acceptors (Lipinski definition) is 3. The number of anilines is 1. The molecule has 0 fully saturated rings. The molecule has 1 aliphatic rings. The van der Waals surface area contributed by atoms with Crippen molar-refractivity contribution in [3.8, 4) is 0 Å². The van der Waals surface area contributed by atoms with Gasteiger partial charge in [-0.2, -0.15) is 0 Å². The van der Waals surface area contributed by atoms with Crippen LogP contribution in [0.5, 0.6) is 0 Å². The maximum atomic E-state index is 12.2. The first-order valence-electron chi connectivity index (χ1n) is 7.70. The summed E-state index contributed by atoms with van der Waals surface area (Å²) >= 11 is 0. The van der Waals surface area contributed by atoms with Gasteiger partial charge in [0.25, 0.3) is 0 Å². The minimum absolute atomic E-state index is 0.0328. The highest BCUT2D eigenvalue weighted by Crippen LogP contribution is 2.23. The van der Waals surface area contributed by atoms with Gasteiger partial charge in [0.1, 0.15) is 6.10 Å². The molecule has 116 valence electrons. The molecule has 1 heterocycles. The van der Waals surface area contributed by atoms with Crippen LogP contribution in [0, 0.1) is 0 Å². The maximum absolute atomic E-state index is 12.2. The first-order valence-corrected chi connectivity index (χ1v) is 7.70. The van der Waals surface area contributed by atoms with Crippen LogP contribution in [-0.2, 0) is 16.0 Å². The van der Waals surface area contributed by atoms with Crippen molar-refractivity contribution in [1.29, 1.82) is 0 Å². The van der Waals surface area contributed by atoms with Gasteiger partial charge in [-0.05, 0) is 38.8 Å². The molecule has 0 aromatic heterocycles. The van der Waals surface area contributed by atoms with Gasteiger partial charge in [0.05, 0.1) is 6.10 Å². The van der Waals surface area contributed by atoms with Crippen molar-refractivity contribution in [3.05, 3.63) is 29.8 Å². The van der Waals surface area contributed by atoms with Gasteiger partial charge in [-0.25, -0.2) is 0 Å². The second-order valence-electron chi connectivity index (χ2n) is 6.37. The SMILES string of the molecule is CCC(C)(C)NC(=O)C(C)OC1CNc2ccccc2C1. The van der Waals surface area contributed by atoms with E-state index in [4.69, 9.17) is 4.74 Å². The van der Waals surface area contributed by atoms with E-state index >= 15 is 0 Å². The lowest BCUT2D eigenvalue weighted by atomic mass is 10.0. The van der Waals surface area contributed by atoms with Crippen LogP contribution in [0.2, 0.25) is 0 Å². The third-order valence-electron chi connectivity index (χ3n) is 4.10. The maximum Gasteiger partial charge on any atom is 0.249 e. The van der Waals surface area contributed by atoms with Crippen molar-refractivity contribution in [3.63, 3.8) is 0 Å². The summed E-state index contributed by atoms with van der Waals surface area (Å²) in [6, 6.07) is 8.23. The highest BCUT2D eigenvalue weighted by molar-refractivity contribution is 5.81. The monoisotopic (exact) mass is 290 g/mol. The Hall–Kier alpha value is -1.55. The van der Waals surface area contributed by atoms with E-state index in [1.807, 2.05) is 32.9 Å². The first kappa shape index (κ1) is 15.8. The lowest BCUT2D eigenvalue weighted by molar-refractivity contribution is -0.136. The van der Waals surface area contributed by atoms with Crippen molar-refractivity contribution in [1.82, 2.24) is 5.32 Å². The van der Waals surface area contributed by atoms with Gasteiger partial charge in [0.2, 0.25) is 5.91 Å². The van der Waals surface area contributed by atoms with E-state index in [2.05, 4.69) is 29.7 Å². The molecule has 4 heteroatoms. The smallest absolute Gasteiger partial charge is 0.249 e. The highest BCUT2D eigenvalue weighted by atomic mass is 16.5. The van der Waals surface area contributed by atoms with Crippen molar-refractivity contribution >= 4 is 11.6 Å². The fourth-order valence-corrected chi connectivity index (χ4v) is 2.38. The van der Waals surface area contributed by atoms with Crippen molar-refractivity contribution in [2.24, 2.45) is 0 Å². The lowest BCUT2D eigenvalue weighted by Gasteiger charge is -2.30. The van der Waals surface area contributed by atoms with E-state index in [0.29, 0.717) is 0 Å². The topological polar surface area (TPSA) is 50.4 Å². The molecule has 2 N–H and O–H groups in total. The molecule has 2 atom stereocenters. The summed E-state index contributed by atoms with van der Waals surface area (Å²) in [7, 11) is 0. The number of benzene rings is 1. The summed E-state index contributed by atoms with van der Waals surface area (Å²) < 4.78 is 5.93. The Morgan fingerprint density at radius 3 is 2.90 bits per heavy atom. The summed E-state index contributed by atoms with van der Waals surface area (Å²) in [6.45, 7) is 8.67. The Balaban J connectivity index is 1.89. The molecule has 0 saturated carbocycles. The number of hydrogen-bond donors (Lipinski definition) is 2. The van der Waals surface area contributed by atoms with Crippen LogP contribution in [0.15, 0.2) is 24.3 Å². The van der Waals surface area contributed by atoms with Gasteiger partial charge in [0.15, 0.2) is 0 Å². The van der Waals surface area contributed by atoms with Crippen LogP contribution in [0.25, 0.3) is 0 Å². The van der Waals surface area contributed by atoms with E-state index < -0.39 is 6.10 Å². The molecule has 1 aromatic carbocycles. The molecule has 2 rings (SSSR count). The average Bonchev–Trinajstić information content (AvgIpc) is 2.46. The van der Waals surface area contributed by atoms with E-state index in [0.717, 1.165) is 19.4 Å². The molecule has 1 aliphatic heterocycles. The molecule has 1 amide bonds. The Morgan fingerprint density at radius 1 is 1.48 bits per heavy atom. The van der Waals surface area contributed by atoms with Gasteiger partial charge < -0.3 is 15.4 Å². The molecule has 0 spiro atoms. The number of nitrogens with one attached hydrogen (secondary N) is 2. The molecule has 1 aromatic rings. The average molecular weight is 290 g/mol. The van der Waals surface area contributed by atoms with Crippen LogP contribution in [0.3, 0.4) is 0 Å². The third-order valence-corrected chi connectivity index (χ3v) is 4.10. The summed E-state index contributed by atoms with van der Waals surface area (Å²) in [4.78, 5) is 12.2. The summed E-state index contributed by atoms with van der Waals surface area (Å²) in [5.74, 6) is -0.0410. The van der Waals surface area contributed by atoms with Crippen molar-refractivity contribution in [2.45, 2.75) is 58.3 Å². The summed E-state index contributed by atoms with van der Waals surface area (Å²) in [5, 5.41) is 6.39. The number of amides is 1. The van der Waals surface area contributed by atoms with Crippen LogP contribution >= 0.6 is 0 Å². The zero-order valence-corrected chi connectivity index (χ0v) is 13.4. The fraction of sp³-hybridized carbons (Fsp3) is 0.588. The lowest BCUT2D eigenvalue weighted by Crippen LogP contribution is -2.48. The summed E-state index contributed by atoms with van der Waals surface area (Å²) in [5.41, 5.74) is 2.23.